The van der Waals surface area contributed by atoms with Crippen LogP contribution < -0.4 is 4.90 Å². The van der Waals surface area contributed by atoms with E-state index in [0.29, 0.717) is 18.9 Å². The standard InChI is InChI=1S/C16H18FN5OS/c1-10-20-12(9-24-10)8-22-14-4-5-21(13(14)2-3-15(22)23)16-18-6-11(17)7-19-16/h6-7,9,13-14H,2-5,8H2,1H3/t13-,14-/m1/s1. The fraction of sp³-hybridized carbons (Fsp3) is 0.500. The highest BCUT2D eigenvalue weighted by atomic mass is 32.1. The molecule has 2 aromatic rings. The number of rotatable bonds is 3. The van der Waals surface area contributed by atoms with Gasteiger partial charge >= 0.3 is 0 Å². The van der Waals surface area contributed by atoms with Gasteiger partial charge in [-0.1, -0.05) is 0 Å². The molecule has 4 heterocycles. The maximum absolute atomic E-state index is 13.1. The summed E-state index contributed by atoms with van der Waals surface area (Å²) < 4.78 is 13.1. The average Bonchev–Trinajstić information content (AvgIpc) is 3.17. The van der Waals surface area contributed by atoms with Gasteiger partial charge in [-0.25, -0.2) is 19.3 Å². The van der Waals surface area contributed by atoms with Crippen molar-refractivity contribution >= 4 is 23.2 Å². The summed E-state index contributed by atoms with van der Waals surface area (Å²) in [5, 5.41) is 3.03. The molecule has 24 heavy (non-hydrogen) atoms. The molecule has 2 fully saturated rings. The first-order valence-corrected chi connectivity index (χ1v) is 8.94. The van der Waals surface area contributed by atoms with Crippen LogP contribution in [0.25, 0.3) is 0 Å². The fourth-order valence-corrected chi connectivity index (χ4v) is 4.32. The summed E-state index contributed by atoms with van der Waals surface area (Å²) in [6.07, 6.45) is 4.57. The van der Waals surface area contributed by atoms with Gasteiger partial charge in [-0.15, -0.1) is 11.3 Å². The van der Waals surface area contributed by atoms with Gasteiger partial charge in [-0.2, -0.15) is 0 Å². The molecule has 0 radical (unpaired) electrons. The summed E-state index contributed by atoms with van der Waals surface area (Å²) in [5.41, 5.74) is 0.947. The maximum atomic E-state index is 13.1. The van der Waals surface area contributed by atoms with Crippen LogP contribution in [0.1, 0.15) is 30.0 Å². The van der Waals surface area contributed by atoms with Crippen molar-refractivity contribution in [3.8, 4) is 0 Å². The number of carbonyl (C=O) groups excluding carboxylic acids is 1. The molecule has 0 aliphatic carbocycles. The predicted octanol–water partition coefficient (Wildman–Crippen LogP) is 2.15. The highest BCUT2D eigenvalue weighted by Crippen LogP contribution is 2.34. The molecule has 4 rings (SSSR count). The highest BCUT2D eigenvalue weighted by Gasteiger charge is 2.44. The monoisotopic (exact) mass is 347 g/mol. The Bertz CT molecular complexity index is 749. The Morgan fingerprint density at radius 3 is 2.79 bits per heavy atom. The minimum atomic E-state index is -0.436. The topological polar surface area (TPSA) is 62.2 Å². The van der Waals surface area contributed by atoms with Crippen molar-refractivity contribution in [2.45, 2.75) is 44.8 Å². The second kappa shape index (κ2) is 6.08. The lowest BCUT2D eigenvalue weighted by Crippen LogP contribution is -2.52. The number of likely N-dealkylation sites (tertiary alicyclic amines) is 1. The number of carbonyl (C=O) groups is 1. The Labute approximate surface area is 143 Å². The number of amides is 1. The molecule has 1 amide bonds. The third-order valence-electron chi connectivity index (χ3n) is 4.75. The molecule has 0 bridgehead atoms. The molecule has 0 aromatic carbocycles. The Morgan fingerprint density at radius 2 is 2.08 bits per heavy atom. The molecule has 2 aliphatic rings. The van der Waals surface area contributed by atoms with E-state index in [0.717, 1.165) is 30.1 Å². The van der Waals surface area contributed by atoms with Gasteiger partial charge < -0.3 is 9.80 Å². The van der Waals surface area contributed by atoms with Crippen molar-refractivity contribution in [1.82, 2.24) is 19.9 Å². The number of thiazole rings is 1. The van der Waals surface area contributed by atoms with Crippen LogP contribution >= 0.6 is 11.3 Å². The molecule has 2 saturated heterocycles. The van der Waals surface area contributed by atoms with Crippen molar-refractivity contribution in [2.24, 2.45) is 0 Å². The Balaban J connectivity index is 1.55. The number of nitrogens with zero attached hydrogens (tertiary/aromatic N) is 5. The van der Waals surface area contributed by atoms with Crippen LogP contribution in [0.3, 0.4) is 0 Å². The summed E-state index contributed by atoms with van der Waals surface area (Å²) >= 11 is 1.60. The average molecular weight is 347 g/mol. The van der Waals surface area contributed by atoms with Gasteiger partial charge in [0.1, 0.15) is 0 Å². The van der Waals surface area contributed by atoms with Crippen molar-refractivity contribution in [3.63, 3.8) is 0 Å². The summed E-state index contributed by atoms with van der Waals surface area (Å²) in [4.78, 5) is 29.2. The van der Waals surface area contributed by atoms with Crippen LogP contribution in [0.2, 0.25) is 0 Å². The molecule has 0 N–H and O–H groups in total. The molecule has 126 valence electrons. The molecular formula is C16H18FN5OS. The van der Waals surface area contributed by atoms with Gasteiger partial charge in [0.2, 0.25) is 11.9 Å². The number of piperidine rings is 1. The Kier molecular flexibility index (Phi) is 3.91. The van der Waals surface area contributed by atoms with Gasteiger partial charge in [-0.05, 0) is 19.8 Å². The van der Waals surface area contributed by atoms with E-state index in [9.17, 15) is 9.18 Å². The summed E-state index contributed by atoms with van der Waals surface area (Å²) in [5.74, 6) is 0.292. The third-order valence-corrected chi connectivity index (χ3v) is 5.57. The molecule has 8 heteroatoms. The minimum Gasteiger partial charge on any atom is -0.336 e. The molecule has 2 aliphatic heterocycles. The number of hydrogen-bond donors (Lipinski definition) is 0. The van der Waals surface area contributed by atoms with E-state index in [1.165, 1.54) is 12.4 Å². The molecule has 0 spiro atoms. The first-order valence-electron chi connectivity index (χ1n) is 8.06. The second-order valence-electron chi connectivity index (χ2n) is 6.24. The van der Waals surface area contributed by atoms with Crippen LogP contribution in [0.4, 0.5) is 10.3 Å². The SMILES string of the molecule is Cc1nc(CN2C(=O)CC[C@@H]3[C@H]2CCN3c2ncc(F)cn2)cs1. The van der Waals surface area contributed by atoms with Gasteiger partial charge in [-0.3, -0.25) is 4.79 Å². The van der Waals surface area contributed by atoms with Crippen molar-refractivity contribution in [1.29, 1.82) is 0 Å². The zero-order valence-corrected chi connectivity index (χ0v) is 14.2. The fourth-order valence-electron chi connectivity index (χ4n) is 3.71. The largest absolute Gasteiger partial charge is 0.336 e. The molecule has 2 atom stereocenters. The van der Waals surface area contributed by atoms with E-state index in [1.807, 2.05) is 17.2 Å². The zero-order chi connectivity index (χ0) is 16.7. The number of fused-ring (bicyclic) bond motifs is 1. The number of hydrogen-bond acceptors (Lipinski definition) is 6. The zero-order valence-electron chi connectivity index (χ0n) is 13.4. The molecule has 6 nitrogen and oxygen atoms in total. The molecule has 0 unspecified atom stereocenters. The first kappa shape index (κ1) is 15.4. The smallest absolute Gasteiger partial charge is 0.225 e. The van der Waals surface area contributed by atoms with Crippen LogP contribution in [0.15, 0.2) is 17.8 Å². The highest BCUT2D eigenvalue weighted by molar-refractivity contribution is 7.09. The number of aromatic nitrogens is 3. The quantitative estimate of drug-likeness (QED) is 0.851. The number of aryl methyl sites for hydroxylation is 1. The number of halogens is 1. The van der Waals surface area contributed by atoms with E-state index in [4.69, 9.17) is 0 Å². The van der Waals surface area contributed by atoms with E-state index >= 15 is 0 Å². The van der Waals surface area contributed by atoms with E-state index in [-0.39, 0.29) is 18.0 Å². The van der Waals surface area contributed by atoms with Crippen LogP contribution in [-0.2, 0) is 11.3 Å². The Hall–Kier alpha value is -2.09. The molecular weight excluding hydrogens is 329 g/mol. The van der Waals surface area contributed by atoms with Gasteiger partial charge in [0.15, 0.2) is 5.82 Å². The van der Waals surface area contributed by atoms with E-state index in [1.54, 1.807) is 11.3 Å². The van der Waals surface area contributed by atoms with Crippen molar-refractivity contribution < 1.29 is 9.18 Å². The molecule has 0 saturated carbocycles. The van der Waals surface area contributed by atoms with Crippen LogP contribution in [0, 0.1) is 12.7 Å². The Morgan fingerprint density at radius 1 is 1.29 bits per heavy atom. The maximum Gasteiger partial charge on any atom is 0.225 e. The van der Waals surface area contributed by atoms with E-state index < -0.39 is 5.82 Å². The van der Waals surface area contributed by atoms with Gasteiger partial charge in [0.05, 0.1) is 41.7 Å². The van der Waals surface area contributed by atoms with Crippen LogP contribution in [-0.4, -0.2) is 44.4 Å². The summed E-state index contributed by atoms with van der Waals surface area (Å²) in [6, 6.07) is 0.329. The predicted molar refractivity (Wildman–Crippen MR) is 88.2 cm³/mol. The normalized spacial score (nSPS) is 23.7. The first-order chi connectivity index (χ1) is 11.6. The van der Waals surface area contributed by atoms with Crippen molar-refractivity contribution in [2.75, 3.05) is 11.4 Å². The summed E-state index contributed by atoms with van der Waals surface area (Å²) in [7, 11) is 0. The van der Waals surface area contributed by atoms with Gasteiger partial charge in [0.25, 0.3) is 0 Å². The lowest BCUT2D eigenvalue weighted by molar-refractivity contribution is -0.137. The molecule has 2 aromatic heterocycles. The minimum absolute atomic E-state index is 0.141. The second-order valence-corrected chi connectivity index (χ2v) is 7.30. The third kappa shape index (κ3) is 2.75. The van der Waals surface area contributed by atoms with Gasteiger partial charge in [0, 0.05) is 18.3 Å². The lowest BCUT2D eigenvalue weighted by atomic mass is 9.96. The van der Waals surface area contributed by atoms with Crippen LogP contribution in [0.5, 0.6) is 0 Å². The summed E-state index contributed by atoms with van der Waals surface area (Å²) in [6.45, 7) is 3.31. The van der Waals surface area contributed by atoms with Crippen molar-refractivity contribution in [3.05, 3.63) is 34.3 Å². The number of anilines is 1. The van der Waals surface area contributed by atoms with E-state index in [2.05, 4.69) is 19.9 Å². The lowest BCUT2D eigenvalue weighted by Gasteiger charge is -2.39.